The Labute approximate surface area is 131 Å². The van der Waals surface area contributed by atoms with E-state index in [4.69, 9.17) is 5.11 Å². The zero-order valence-electron chi connectivity index (χ0n) is 11.9. The zero-order valence-corrected chi connectivity index (χ0v) is 13.6. The molecule has 0 amide bonds. The van der Waals surface area contributed by atoms with Gasteiger partial charge in [0.25, 0.3) is 0 Å². The van der Waals surface area contributed by atoms with Crippen LogP contribution in [0.25, 0.3) is 10.7 Å². The molecule has 2 rings (SSSR count). The average Bonchev–Trinajstić information content (AvgIpc) is 3.04. The lowest BCUT2D eigenvalue weighted by molar-refractivity contribution is -0.133. The highest BCUT2D eigenvalue weighted by Crippen LogP contribution is 2.29. The lowest BCUT2D eigenvalue weighted by Gasteiger charge is -2.07. The Kier molecular flexibility index (Phi) is 5.68. The second-order valence-electron chi connectivity index (χ2n) is 4.44. The Morgan fingerprint density at radius 2 is 2.10 bits per heavy atom. The van der Waals surface area contributed by atoms with Crippen LogP contribution in [0.15, 0.2) is 5.16 Å². The molecule has 0 unspecified atom stereocenters. The number of aliphatic carboxylic acids is 1. The first-order valence-electron chi connectivity index (χ1n) is 6.76. The molecule has 0 spiro atoms. The maximum Gasteiger partial charge on any atom is 0.313 e. The van der Waals surface area contributed by atoms with Crippen molar-refractivity contribution in [3.63, 3.8) is 0 Å². The van der Waals surface area contributed by atoms with Gasteiger partial charge in [-0.2, -0.15) is 0 Å². The van der Waals surface area contributed by atoms with E-state index in [0.29, 0.717) is 5.16 Å². The van der Waals surface area contributed by atoms with Crippen molar-refractivity contribution in [1.82, 2.24) is 24.4 Å². The quantitative estimate of drug-likeness (QED) is 0.744. The molecule has 0 atom stereocenters. The van der Waals surface area contributed by atoms with Crippen LogP contribution in [0.4, 0.5) is 0 Å². The minimum atomic E-state index is -0.862. The predicted octanol–water partition coefficient (Wildman–Crippen LogP) is 2.34. The highest BCUT2D eigenvalue weighted by molar-refractivity contribution is 7.99. The number of aryl methyl sites for hydroxylation is 1. The van der Waals surface area contributed by atoms with E-state index in [0.717, 1.165) is 42.2 Å². The third kappa shape index (κ3) is 3.79. The first kappa shape index (κ1) is 15.9. The van der Waals surface area contributed by atoms with E-state index in [1.165, 1.54) is 23.3 Å². The summed E-state index contributed by atoms with van der Waals surface area (Å²) in [7, 11) is 0. The maximum absolute atomic E-state index is 10.7. The van der Waals surface area contributed by atoms with Crippen LogP contribution in [0.1, 0.15) is 32.4 Å². The van der Waals surface area contributed by atoms with Crippen molar-refractivity contribution in [3.05, 3.63) is 5.69 Å². The average molecular weight is 327 g/mol. The molecular formula is C12H17N5O2S2. The summed E-state index contributed by atoms with van der Waals surface area (Å²) in [6.07, 6.45) is 2.75. The summed E-state index contributed by atoms with van der Waals surface area (Å²) in [5.74, 6) is -0.146. The number of carboxylic acid groups (broad SMARTS) is 1. The summed E-state index contributed by atoms with van der Waals surface area (Å²) < 4.78 is 5.97. The number of carbonyl (C=O) groups is 1. The molecule has 2 heterocycles. The largest absolute Gasteiger partial charge is 0.481 e. The van der Waals surface area contributed by atoms with Crippen molar-refractivity contribution < 1.29 is 9.90 Å². The third-order valence-corrected chi connectivity index (χ3v) is 4.45. The highest BCUT2D eigenvalue weighted by Gasteiger charge is 2.19. The van der Waals surface area contributed by atoms with Gasteiger partial charge in [-0.05, 0) is 24.4 Å². The van der Waals surface area contributed by atoms with Gasteiger partial charge < -0.3 is 9.67 Å². The fourth-order valence-corrected chi connectivity index (χ4v) is 3.28. The molecule has 0 radical (unpaired) electrons. The standard InChI is InChI=1S/C12H17N5O2S2/c1-3-5-8-10(21-16-13-8)11-14-15-12(17(11)6-4-2)20-7-9(18)19/h3-7H2,1-2H3,(H,18,19). The summed E-state index contributed by atoms with van der Waals surface area (Å²) >= 11 is 2.50. The smallest absolute Gasteiger partial charge is 0.313 e. The number of thioether (sulfide) groups is 1. The monoisotopic (exact) mass is 327 g/mol. The molecule has 0 aliphatic carbocycles. The van der Waals surface area contributed by atoms with Crippen molar-refractivity contribution >= 4 is 29.3 Å². The number of hydrogen-bond acceptors (Lipinski definition) is 7. The van der Waals surface area contributed by atoms with Gasteiger partial charge in [0.2, 0.25) is 0 Å². The topological polar surface area (TPSA) is 93.8 Å². The van der Waals surface area contributed by atoms with Crippen LogP contribution in [0.3, 0.4) is 0 Å². The molecular weight excluding hydrogens is 310 g/mol. The van der Waals surface area contributed by atoms with Crippen LogP contribution in [0, 0.1) is 0 Å². The Hall–Kier alpha value is -1.48. The molecule has 114 valence electrons. The zero-order chi connectivity index (χ0) is 15.2. The van der Waals surface area contributed by atoms with Crippen molar-refractivity contribution in [2.75, 3.05) is 5.75 Å². The summed E-state index contributed by atoms with van der Waals surface area (Å²) in [6, 6.07) is 0. The van der Waals surface area contributed by atoms with E-state index in [1.54, 1.807) is 0 Å². The summed E-state index contributed by atoms with van der Waals surface area (Å²) in [5.41, 5.74) is 0.932. The van der Waals surface area contributed by atoms with Crippen molar-refractivity contribution in [2.24, 2.45) is 0 Å². The Morgan fingerprint density at radius 1 is 1.29 bits per heavy atom. The number of hydrogen-bond donors (Lipinski definition) is 1. The molecule has 0 bridgehead atoms. The van der Waals surface area contributed by atoms with E-state index in [1.807, 2.05) is 4.57 Å². The molecule has 0 fully saturated rings. The number of aromatic nitrogens is 5. The van der Waals surface area contributed by atoms with Gasteiger partial charge in [-0.1, -0.05) is 36.5 Å². The molecule has 0 saturated carbocycles. The lowest BCUT2D eigenvalue weighted by Crippen LogP contribution is -2.05. The van der Waals surface area contributed by atoms with Gasteiger partial charge in [0.05, 0.1) is 11.4 Å². The van der Waals surface area contributed by atoms with E-state index >= 15 is 0 Å². The Balaban J connectivity index is 2.34. The number of rotatable bonds is 8. The Morgan fingerprint density at radius 3 is 2.76 bits per heavy atom. The molecule has 21 heavy (non-hydrogen) atoms. The molecule has 9 heteroatoms. The maximum atomic E-state index is 10.7. The normalized spacial score (nSPS) is 11.0. The van der Waals surface area contributed by atoms with Crippen LogP contribution in [0.5, 0.6) is 0 Å². The van der Waals surface area contributed by atoms with Crippen LogP contribution in [-0.2, 0) is 17.8 Å². The van der Waals surface area contributed by atoms with Gasteiger partial charge in [0.1, 0.15) is 4.88 Å². The molecule has 7 nitrogen and oxygen atoms in total. The second-order valence-corrected chi connectivity index (χ2v) is 6.14. The molecule has 2 aromatic heterocycles. The van der Waals surface area contributed by atoms with Gasteiger partial charge in [0.15, 0.2) is 11.0 Å². The van der Waals surface area contributed by atoms with Gasteiger partial charge in [-0.25, -0.2) is 0 Å². The second kappa shape index (κ2) is 7.51. The SMILES string of the molecule is CCCc1nnsc1-c1nnc(SCC(=O)O)n1CCC. The van der Waals surface area contributed by atoms with E-state index in [-0.39, 0.29) is 5.75 Å². The minimum Gasteiger partial charge on any atom is -0.481 e. The first-order chi connectivity index (χ1) is 10.2. The van der Waals surface area contributed by atoms with Crippen molar-refractivity contribution in [2.45, 2.75) is 44.8 Å². The van der Waals surface area contributed by atoms with E-state index in [2.05, 4.69) is 33.6 Å². The van der Waals surface area contributed by atoms with E-state index < -0.39 is 5.97 Å². The van der Waals surface area contributed by atoms with Crippen LogP contribution in [0.2, 0.25) is 0 Å². The van der Waals surface area contributed by atoms with Crippen LogP contribution >= 0.6 is 23.3 Å². The lowest BCUT2D eigenvalue weighted by atomic mass is 10.2. The van der Waals surface area contributed by atoms with Crippen LogP contribution < -0.4 is 0 Å². The molecule has 0 saturated heterocycles. The van der Waals surface area contributed by atoms with Gasteiger partial charge in [0, 0.05) is 6.54 Å². The van der Waals surface area contributed by atoms with Gasteiger partial charge in [-0.3, -0.25) is 4.79 Å². The number of carboxylic acids is 1. The molecule has 0 aliphatic rings. The molecule has 0 aliphatic heterocycles. The number of nitrogens with zero attached hydrogens (tertiary/aromatic N) is 5. The van der Waals surface area contributed by atoms with E-state index in [9.17, 15) is 4.79 Å². The van der Waals surface area contributed by atoms with Crippen LogP contribution in [-0.4, -0.2) is 41.2 Å². The molecule has 2 aromatic rings. The summed E-state index contributed by atoms with van der Waals surface area (Å²) in [6.45, 7) is 4.90. The van der Waals surface area contributed by atoms with Crippen molar-refractivity contribution in [1.29, 1.82) is 0 Å². The van der Waals surface area contributed by atoms with Crippen molar-refractivity contribution in [3.8, 4) is 10.7 Å². The van der Waals surface area contributed by atoms with Gasteiger partial charge in [-0.15, -0.1) is 15.3 Å². The predicted molar refractivity (Wildman–Crippen MR) is 81.6 cm³/mol. The third-order valence-electron chi connectivity index (χ3n) is 2.73. The highest BCUT2D eigenvalue weighted by atomic mass is 32.2. The summed E-state index contributed by atoms with van der Waals surface area (Å²) in [4.78, 5) is 11.7. The Bertz CT molecular complexity index is 611. The van der Waals surface area contributed by atoms with Gasteiger partial charge >= 0.3 is 5.97 Å². The fourth-order valence-electron chi connectivity index (χ4n) is 1.89. The fraction of sp³-hybridized carbons (Fsp3) is 0.583. The molecule has 0 aromatic carbocycles. The first-order valence-corrected chi connectivity index (χ1v) is 8.52. The summed E-state index contributed by atoms with van der Waals surface area (Å²) in [5, 5.41) is 21.9. The molecule has 1 N–H and O–H groups in total. The minimum absolute atomic E-state index is 0.0232.